The molecule has 2 atom stereocenters. The van der Waals surface area contributed by atoms with Crippen molar-refractivity contribution < 1.29 is 17.6 Å². The van der Waals surface area contributed by atoms with Gasteiger partial charge in [0.05, 0.1) is 0 Å². The van der Waals surface area contributed by atoms with Crippen molar-refractivity contribution in [1.82, 2.24) is 9.62 Å². The molecule has 1 fully saturated rings. The number of hydrogen-bond donors (Lipinski definition) is 1. The average molecular weight is 314 g/mol. The number of furan rings is 1. The molecule has 1 aliphatic rings. The molecular formula is C14H22N2O4S. The molecule has 118 valence electrons. The molecule has 0 saturated heterocycles. The summed E-state index contributed by atoms with van der Waals surface area (Å²) in [5, 5.41) is -0.238. The average Bonchev–Trinajstić information content (AvgIpc) is 2.97. The van der Waals surface area contributed by atoms with Gasteiger partial charge in [0.25, 0.3) is 15.9 Å². The Morgan fingerprint density at radius 2 is 2.00 bits per heavy atom. The van der Waals surface area contributed by atoms with Gasteiger partial charge < -0.3 is 9.32 Å². The Bertz CT molecular complexity index is 608. The van der Waals surface area contributed by atoms with E-state index < -0.39 is 10.0 Å². The first-order valence-electron chi connectivity index (χ1n) is 7.17. The standard InChI is InChI=1S/C14H22N2O4S/c1-10-6-4-5-7-11(10)16(3)14(17)12-8-9-13(20-12)21(18,19)15-2/h8-11,15H,4-7H2,1-3H3/t10-,11+/m1/s1. The van der Waals surface area contributed by atoms with Crippen LogP contribution in [0.5, 0.6) is 0 Å². The quantitative estimate of drug-likeness (QED) is 0.919. The number of amides is 1. The largest absolute Gasteiger partial charge is 0.438 e. The van der Waals surface area contributed by atoms with Gasteiger partial charge in [0.1, 0.15) is 0 Å². The zero-order valence-electron chi connectivity index (χ0n) is 12.6. The van der Waals surface area contributed by atoms with Crippen LogP contribution in [0.25, 0.3) is 0 Å². The predicted octanol–water partition coefficient (Wildman–Crippen LogP) is 1.84. The molecular weight excluding hydrogens is 292 g/mol. The Kier molecular flexibility index (Phi) is 4.73. The van der Waals surface area contributed by atoms with Crippen molar-refractivity contribution in [2.24, 2.45) is 5.92 Å². The maximum atomic E-state index is 12.4. The second-order valence-electron chi connectivity index (χ2n) is 5.57. The van der Waals surface area contributed by atoms with Gasteiger partial charge in [0.2, 0.25) is 5.09 Å². The predicted molar refractivity (Wildman–Crippen MR) is 78.5 cm³/mol. The number of carbonyl (C=O) groups excluding carboxylic acids is 1. The minimum absolute atomic E-state index is 0.0594. The second-order valence-corrected chi connectivity index (χ2v) is 7.39. The van der Waals surface area contributed by atoms with Crippen LogP contribution in [-0.2, 0) is 10.0 Å². The molecule has 1 amide bonds. The van der Waals surface area contributed by atoms with E-state index in [4.69, 9.17) is 4.42 Å². The van der Waals surface area contributed by atoms with E-state index >= 15 is 0 Å². The van der Waals surface area contributed by atoms with Crippen LogP contribution in [-0.4, -0.2) is 39.4 Å². The lowest BCUT2D eigenvalue weighted by Gasteiger charge is -2.35. The van der Waals surface area contributed by atoms with Gasteiger partial charge in [-0.05, 0) is 37.9 Å². The van der Waals surface area contributed by atoms with Gasteiger partial charge in [-0.25, -0.2) is 13.1 Å². The number of nitrogens with zero attached hydrogens (tertiary/aromatic N) is 1. The van der Waals surface area contributed by atoms with Crippen LogP contribution in [0.2, 0.25) is 0 Å². The third kappa shape index (κ3) is 3.29. The van der Waals surface area contributed by atoms with Crippen molar-refractivity contribution in [3.63, 3.8) is 0 Å². The molecule has 0 unspecified atom stereocenters. The summed E-state index contributed by atoms with van der Waals surface area (Å²) in [6.45, 7) is 2.15. The number of sulfonamides is 1. The SMILES string of the molecule is CNS(=O)(=O)c1ccc(C(=O)N(C)[C@H]2CCCC[C@H]2C)o1. The summed E-state index contributed by atoms with van der Waals surface area (Å²) < 4.78 is 30.6. The first-order valence-corrected chi connectivity index (χ1v) is 8.65. The van der Waals surface area contributed by atoms with Crippen LogP contribution < -0.4 is 4.72 Å². The molecule has 0 aromatic carbocycles. The molecule has 1 saturated carbocycles. The molecule has 0 bridgehead atoms. The van der Waals surface area contributed by atoms with Crippen molar-refractivity contribution in [2.75, 3.05) is 14.1 Å². The van der Waals surface area contributed by atoms with Crippen LogP contribution in [0.3, 0.4) is 0 Å². The molecule has 1 aliphatic carbocycles. The maximum absolute atomic E-state index is 12.4. The minimum atomic E-state index is -3.66. The van der Waals surface area contributed by atoms with Gasteiger partial charge in [-0.15, -0.1) is 0 Å². The fourth-order valence-electron chi connectivity index (χ4n) is 2.88. The van der Waals surface area contributed by atoms with Crippen LogP contribution in [0.1, 0.15) is 43.2 Å². The van der Waals surface area contributed by atoms with Crippen LogP contribution in [0.15, 0.2) is 21.6 Å². The molecule has 7 heteroatoms. The summed E-state index contributed by atoms with van der Waals surface area (Å²) in [5.74, 6) is 0.235. The van der Waals surface area contributed by atoms with Gasteiger partial charge in [0.15, 0.2) is 5.76 Å². The van der Waals surface area contributed by atoms with Gasteiger partial charge in [-0.1, -0.05) is 19.8 Å². The third-order valence-corrected chi connectivity index (χ3v) is 5.50. The number of carbonyl (C=O) groups is 1. The van der Waals surface area contributed by atoms with E-state index in [1.165, 1.54) is 25.6 Å². The van der Waals surface area contributed by atoms with Gasteiger partial charge in [-0.2, -0.15) is 0 Å². The summed E-state index contributed by atoms with van der Waals surface area (Å²) in [6, 6.07) is 2.90. The Balaban J connectivity index is 2.16. The lowest BCUT2D eigenvalue weighted by Crippen LogP contribution is -2.42. The van der Waals surface area contributed by atoms with E-state index in [1.54, 1.807) is 11.9 Å². The normalized spacial score (nSPS) is 23.0. The highest BCUT2D eigenvalue weighted by atomic mass is 32.2. The summed E-state index contributed by atoms with van der Waals surface area (Å²) in [7, 11) is -0.605. The fraction of sp³-hybridized carbons (Fsp3) is 0.643. The van der Waals surface area contributed by atoms with E-state index in [0.717, 1.165) is 19.3 Å². The zero-order valence-corrected chi connectivity index (χ0v) is 13.4. The van der Waals surface area contributed by atoms with Gasteiger partial charge in [0, 0.05) is 13.1 Å². The molecule has 0 spiro atoms. The monoisotopic (exact) mass is 314 g/mol. The van der Waals surface area contributed by atoms with Crippen molar-refractivity contribution in [3.8, 4) is 0 Å². The fourth-order valence-corrected chi connectivity index (χ4v) is 3.52. The van der Waals surface area contributed by atoms with Gasteiger partial charge in [-0.3, -0.25) is 4.79 Å². The summed E-state index contributed by atoms with van der Waals surface area (Å²) in [5.41, 5.74) is 0. The Labute approximate surface area is 125 Å². The first kappa shape index (κ1) is 16.0. The second kappa shape index (κ2) is 6.19. The lowest BCUT2D eigenvalue weighted by molar-refractivity contribution is 0.0592. The molecule has 21 heavy (non-hydrogen) atoms. The Morgan fingerprint density at radius 3 is 2.62 bits per heavy atom. The molecule has 6 nitrogen and oxygen atoms in total. The number of nitrogens with one attached hydrogen (secondary N) is 1. The topological polar surface area (TPSA) is 79.6 Å². The van der Waals surface area contributed by atoms with Crippen molar-refractivity contribution >= 4 is 15.9 Å². The summed E-state index contributed by atoms with van der Waals surface area (Å²) >= 11 is 0. The first-order chi connectivity index (χ1) is 9.86. The molecule has 1 aromatic heterocycles. The Hall–Kier alpha value is -1.34. The van der Waals surface area contributed by atoms with Crippen LogP contribution >= 0.6 is 0 Å². The van der Waals surface area contributed by atoms with E-state index in [9.17, 15) is 13.2 Å². The molecule has 0 radical (unpaired) electrons. The van der Waals surface area contributed by atoms with E-state index in [0.29, 0.717) is 5.92 Å². The van der Waals surface area contributed by atoms with Crippen LogP contribution in [0.4, 0.5) is 0 Å². The number of hydrogen-bond acceptors (Lipinski definition) is 4. The third-order valence-electron chi connectivity index (χ3n) is 4.21. The van der Waals surface area contributed by atoms with Crippen molar-refractivity contribution in [2.45, 2.75) is 43.7 Å². The smallest absolute Gasteiger partial charge is 0.289 e. The molecule has 0 aliphatic heterocycles. The maximum Gasteiger partial charge on any atom is 0.289 e. The van der Waals surface area contributed by atoms with Crippen LogP contribution in [0, 0.1) is 5.92 Å². The van der Waals surface area contributed by atoms with Crippen molar-refractivity contribution in [3.05, 3.63) is 17.9 Å². The Morgan fingerprint density at radius 1 is 1.33 bits per heavy atom. The van der Waals surface area contributed by atoms with E-state index in [1.807, 2.05) is 0 Å². The summed E-state index contributed by atoms with van der Waals surface area (Å²) in [4.78, 5) is 14.1. The number of rotatable bonds is 4. The molecule has 2 rings (SSSR count). The van der Waals surface area contributed by atoms with E-state index in [2.05, 4.69) is 11.6 Å². The molecule has 1 aromatic rings. The molecule has 1 N–H and O–H groups in total. The lowest BCUT2D eigenvalue weighted by atomic mass is 9.85. The summed E-state index contributed by atoms with van der Waals surface area (Å²) in [6.07, 6.45) is 4.40. The zero-order chi connectivity index (χ0) is 15.6. The van der Waals surface area contributed by atoms with Gasteiger partial charge >= 0.3 is 0 Å². The molecule has 1 heterocycles. The van der Waals surface area contributed by atoms with E-state index in [-0.39, 0.29) is 22.8 Å². The highest BCUT2D eigenvalue weighted by Crippen LogP contribution is 2.28. The minimum Gasteiger partial charge on any atom is -0.438 e. The highest BCUT2D eigenvalue weighted by Gasteiger charge is 2.30. The highest BCUT2D eigenvalue weighted by molar-refractivity contribution is 7.89. The van der Waals surface area contributed by atoms with Crippen molar-refractivity contribution in [1.29, 1.82) is 0 Å².